The van der Waals surface area contributed by atoms with Gasteiger partial charge in [0.05, 0.1) is 0 Å². The maximum Gasteiger partial charge on any atom is 0.100 e. The molecule has 3 aromatic rings. The Hall–Kier alpha value is -2.38. The van der Waals surface area contributed by atoms with Crippen molar-refractivity contribution in [3.63, 3.8) is 0 Å². The van der Waals surface area contributed by atoms with E-state index in [2.05, 4.69) is 72.8 Å². The molecule has 3 atom stereocenters. The first-order chi connectivity index (χ1) is 11.8. The Kier molecular flexibility index (Phi) is 2.95. The normalized spacial score (nSPS) is 26.7. The molecule has 118 valence electrons. The third-order valence-electron chi connectivity index (χ3n) is 5.98. The van der Waals surface area contributed by atoms with Gasteiger partial charge >= 0.3 is 0 Å². The van der Waals surface area contributed by atoms with E-state index in [4.69, 9.17) is 0 Å². The van der Waals surface area contributed by atoms with Gasteiger partial charge in [-0.05, 0) is 46.6 Å². The van der Waals surface area contributed by atoms with Crippen LogP contribution in [-0.4, -0.2) is 5.11 Å². The largest absolute Gasteiger partial charge is 0.384 e. The topological polar surface area (TPSA) is 20.2 Å². The molecule has 24 heavy (non-hydrogen) atoms. The van der Waals surface area contributed by atoms with Crippen LogP contribution in [0, 0.1) is 5.92 Å². The Labute approximate surface area is 142 Å². The summed E-state index contributed by atoms with van der Waals surface area (Å²) < 4.78 is 0. The van der Waals surface area contributed by atoms with Crippen LogP contribution in [0.5, 0.6) is 0 Å². The van der Waals surface area contributed by atoms with Crippen molar-refractivity contribution in [2.24, 2.45) is 5.92 Å². The van der Waals surface area contributed by atoms with Crippen LogP contribution in [0.15, 0.2) is 78.9 Å². The predicted octanol–water partition coefficient (Wildman–Crippen LogP) is 4.90. The molecule has 0 spiro atoms. The van der Waals surface area contributed by atoms with Crippen LogP contribution in [0.2, 0.25) is 0 Å². The van der Waals surface area contributed by atoms with E-state index < -0.39 is 5.60 Å². The third kappa shape index (κ3) is 1.79. The molecule has 0 aromatic heterocycles. The summed E-state index contributed by atoms with van der Waals surface area (Å²) >= 11 is 0. The van der Waals surface area contributed by atoms with Crippen LogP contribution in [0.1, 0.15) is 29.0 Å². The van der Waals surface area contributed by atoms with Crippen LogP contribution >= 0.6 is 0 Å². The second kappa shape index (κ2) is 5.06. The quantitative estimate of drug-likeness (QED) is 0.713. The molecule has 3 aromatic carbocycles. The molecule has 1 N–H and O–H groups in total. The summed E-state index contributed by atoms with van der Waals surface area (Å²) in [5.74, 6) is 0.497. The fraction of sp³-hybridized carbons (Fsp3) is 0.217. The zero-order valence-electron chi connectivity index (χ0n) is 13.5. The molecule has 1 fully saturated rings. The number of hydrogen-bond donors (Lipinski definition) is 1. The minimum absolute atomic E-state index is 0.220. The van der Waals surface area contributed by atoms with Gasteiger partial charge in [0.2, 0.25) is 0 Å². The lowest BCUT2D eigenvalue weighted by molar-refractivity contribution is -0.126. The summed E-state index contributed by atoms with van der Waals surface area (Å²) in [5, 5.41) is 11.7. The molecule has 0 bridgehead atoms. The molecular formula is C23H20O. The Morgan fingerprint density at radius 3 is 2.29 bits per heavy atom. The fourth-order valence-corrected chi connectivity index (χ4v) is 4.79. The highest BCUT2D eigenvalue weighted by atomic mass is 16.3. The summed E-state index contributed by atoms with van der Waals surface area (Å²) in [6.07, 6.45) is 1.99. The van der Waals surface area contributed by atoms with Gasteiger partial charge in [-0.3, -0.25) is 0 Å². The zero-order valence-corrected chi connectivity index (χ0v) is 13.5. The molecule has 0 unspecified atom stereocenters. The van der Waals surface area contributed by atoms with Crippen molar-refractivity contribution in [2.45, 2.75) is 24.4 Å². The van der Waals surface area contributed by atoms with Crippen molar-refractivity contribution in [1.82, 2.24) is 0 Å². The van der Waals surface area contributed by atoms with Crippen LogP contribution in [0.4, 0.5) is 0 Å². The van der Waals surface area contributed by atoms with Gasteiger partial charge in [0.25, 0.3) is 0 Å². The summed E-state index contributed by atoms with van der Waals surface area (Å²) in [6, 6.07) is 27.5. The molecule has 1 heteroatoms. The zero-order chi connectivity index (χ0) is 16.1. The summed E-state index contributed by atoms with van der Waals surface area (Å²) in [4.78, 5) is 0. The van der Waals surface area contributed by atoms with Crippen molar-refractivity contribution < 1.29 is 5.11 Å². The number of aliphatic hydroxyl groups is 1. The number of rotatable bonds is 2. The van der Waals surface area contributed by atoms with E-state index in [1.54, 1.807) is 0 Å². The standard InChI is InChI=1S/C23H20O/c24-23-17(14-16-8-2-1-3-9-16)15-22(23)20-12-5-4-10-18(20)19-11-6-7-13-21(19)23/h1-13,17,22,24H,14-15H2/t17-,22+,23+/m1/s1. The SMILES string of the molecule is O[C@@]12c3ccccc3-c3ccccc3[C@@H]1C[C@H]2Cc1ccccc1. The first-order valence-electron chi connectivity index (χ1n) is 8.73. The molecule has 1 nitrogen and oxygen atoms in total. The number of benzene rings is 3. The lowest BCUT2D eigenvalue weighted by Crippen LogP contribution is -2.54. The van der Waals surface area contributed by atoms with Crippen molar-refractivity contribution in [3.8, 4) is 11.1 Å². The van der Waals surface area contributed by atoms with Gasteiger partial charge in [-0.1, -0.05) is 78.9 Å². The predicted molar refractivity (Wildman–Crippen MR) is 96.8 cm³/mol. The van der Waals surface area contributed by atoms with Crippen molar-refractivity contribution in [1.29, 1.82) is 0 Å². The Balaban J connectivity index is 1.62. The van der Waals surface area contributed by atoms with Crippen molar-refractivity contribution in [3.05, 3.63) is 95.6 Å². The van der Waals surface area contributed by atoms with E-state index >= 15 is 0 Å². The van der Waals surface area contributed by atoms with E-state index in [-0.39, 0.29) is 11.8 Å². The Morgan fingerprint density at radius 2 is 1.46 bits per heavy atom. The van der Waals surface area contributed by atoms with Gasteiger partial charge in [-0.25, -0.2) is 0 Å². The molecule has 0 aliphatic heterocycles. The highest BCUT2D eigenvalue weighted by Crippen LogP contribution is 2.63. The van der Waals surface area contributed by atoms with Crippen molar-refractivity contribution >= 4 is 0 Å². The minimum atomic E-state index is -0.735. The molecule has 2 aliphatic carbocycles. The molecule has 0 heterocycles. The van der Waals surface area contributed by atoms with Gasteiger partial charge < -0.3 is 5.11 Å². The van der Waals surface area contributed by atoms with E-state index in [1.807, 2.05) is 6.07 Å². The van der Waals surface area contributed by atoms with Crippen LogP contribution < -0.4 is 0 Å². The highest BCUT2D eigenvalue weighted by molar-refractivity contribution is 5.77. The van der Waals surface area contributed by atoms with Crippen molar-refractivity contribution in [2.75, 3.05) is 0 Å². The number of fused-ring (bicyclic) bond motifs is 6. The monoisotopic (exact) mass is 312 g/mol. The van der Waals surface area contributed by atoms with E-state index in [0.717, 1.165) is 18.4 Å². The van der Waals surface area contributed by atoms with Gasteiger partial charge in [-0.15, -0.1) is 0 Å². The molecule has 1 saturated carbocycles. The smallest absolute Gasteiger partial charge is 0.100 e. The van der Waals surface area contributed by atoms with E-state index in [0.29, 0.717) is 0 Å². The highest BCUT2D eigenvalue weighted by Gasteiger charge is 2.58. The molecule has 0 amide bonds. The lowest BCUT2D eigenvalue weighted by Gasteiger charge is -2.56. The number of hydrogen-bond acceptors (Lipinski definition) is 1. The van der Waals surface area contributed by atoms with Crippen LogP contribution in [0.25, 0.3) is 11.1 Å². The average Bonchev–Trinajstić information content (AvgIpc) is 2.64. The summed E-state index contributed by atoms with van der Waals surface area (Å²) in [5.41, 5.74) is 5.49. The first kappa shape index (κ1) is 14.0. The second-order valence-electron chi connectivity index (χ2n) is 7.13. The summed E-state index contributed by atoms with van der Waals surface area (Å²) in [7, 11) is 0. The second-order valence-corrected chi connectivity index (χ2v) is 7.13. The maximum absolute atomic E-state index is 11.7. The maximum atomic E-state index is 11.7. The molecular weight excluding hydrogens is 292 g/mol. The molecule has 5 rings (SSSR count). The summed E-state index contributed by atoms with van der Waals surface area (Å²) in [6.45, 7) is 0. The first-order valence-corrected chi connectivity index (χ1v) is 8.73. The van der Waals surface area contributed by atoms with Gasteiger partial charge in [0, 0.05) is 5.92 Å². The molecule has 0 radical (unpaired) electrons. The fourth-order valence-electron chi connectivity index (χ4n) is 4.79. The van der Waals surface area contributed by atoms with E-state index in [1.165, 1.54) is 22.3 Å². The average molecular weight is 312 g/mol. The Morgan fingerprint density at radius 1 is 0.792 bits per heavy atom. The van der Waals surface area contributed by atoms with E-state index in [9.17, 15) is 5.11 Å². The van der Waals surface area contributed by atoms with Crippen LogP contribution in [-0.2, 0) is 12.0 Å². The van der Waals surface area contributed by atoms with Gasteiger partial charge in [-0.2, -0.15) is 0 Å². The third-order valence-corrected chi connectivity index (χ3v) is 5.98. The molecule has 2 aliphatic rings. The molecule has 0 saturated heterocycles. The lowest BCUT2D eigenvalue weighted by atomic mass is 9.51. The Bertz CT molecular complexity index is 899. The van der Waals surface area contributed by atoms with Gasteiger partial charge in [0.15, 0.2) is 0 Å². The van der Waals surface area contributed by atoms with Gasteiger partial charge in [0.1, 0.15) is 5.60 Å². The van der Waals surface area contributed by atoms with Crippen LogP contribution in [0.3, 0.4) is 0 Å². The minimum Gasteiger partial charge on any atom is -0.384 e.